The van der Waals surface area contributed by atoms with E-state index >= 15 is 0 Å². The van der Waals surface area contributed by atoms with Crippen LogP contribution in [0.3, 0.4) is 0 Å². The summed E-state index contributed by atoms with van der Waals surface area (Å²) >= 11 is 0. The fraction of sp³-hybridized carbons (Fsp3) is 0.0769. The van der Waals surface area contributed by atoms with Crippen molar-refractivity contribution in [2.45, 2.75) is 0 Å². The van der Waals surface area contributed by atoms with Crippen LogP contribution in [0.5, 0.6) is 0 Å². The Morgan fingerprint density at radius 2 is 1.86 bits per heavy atom. The largest absolute Gasteiger partial charge is 0.263 e. The number of benzene rings is 1. The van der Waals surface area contributed by atoms with Crippen LogP contribution >= 0.6 is 0 Å². The summed E-state index contributed by atoms with van der Waals surface area (Å²) in [4.78, 5) is 4.11. The highest BCUT2D eigenvalue weighted by Gasteiger charge is 2.11. The third kappa shape index (κ3) is 1.77. The average Bonchev–Trinajstić information content (AvgIpc) is 2.30. The molecule has 0 N–H and O–H groups in total. The van der Waals surface area contributed by atoms with Crippen molar-refractivity contribution < 1.29 is 0 Å². The first-order chi connectivity index (χ1) is 6.90. The minimum atomic E-state index is 1.02. The third-order valence-electron chi connectivity index (χ3n) is 2.23. The zero-order valence-electron chi connectivity index (χ0n) is 8.14. The maximum atomic E-state index is 4.11. The summed E-state index contributed by atoms with van der Waals surface area (Å²) in [5.74, 6) is 0. The van der Waals surface area contributed by atoms with Crippen LogP contribution in [0, 0.1) is 6.42 Å². The van der Waals surface area contributed by atoms with Gasteiger partial charge in [0.05, 0.1) is 30.2 Å². The molecule has 1 aromatic rings. The first-order valence-corrected chi connectivity index (χ1v) is 4.65. The number of hydrogen-bond donors (Lipinski definition) is 0. The summed E-state index contributed by atoms with van der Waals surface area (Å²) < 4.78 is 0. The normalized spacial score (nSPS) is 17.8. The molecule has 0 bridgehead atoms. The van der Waals surface area contributed by atoms with Gasteiger partial charge in [0.15, 0.2) is 5.71 Å². The molecule has 0 spiro atoms. The van der Waals surface area contributed by atoms with E-state index in [9.17, 15) is 0 Å². The minimum Gasteiger partial charge on any atom is -0.263 e. The smallest absolute Gasteiger partial charge is 0.168 e. The second-order valence-corrected chi connectivity index (χ2v) is 3.14. The molecule has 2 rings (SSSR count). The van der Waals surface area contributed by atoms with E-state index in [1.165, 1.54) is 11.1 Å². The van der Waals surface area contributed by atoms with Crippen molar-refractivity contribution in [1.82, 2.24) is 0 Å². The zero-order chi connectivity index (χ0) is 9.80. The summed E-state index contributed by atoms with van der Waals surface area (Å²) in [5.41, 5.74) is 3.50. The van der Waals surface area contributed by atoms with E-state index in [2.05, 4.69) is 29.3 Å². The Kier molecular flexibility index (Phi) is 2.50. The van der Waals surface area contributed by atoms with Crippen LogP contribution in [0.1, 0.15) is 5.56 Å². The SMILES string of the molecule is CN=C1C=CC(c2ccccc2)=C[CH+]1. The lowest BCUT2D eigenvalue weighted by Crippen LogP contribution is -1.97. The van der Waals surface area contributed by atoms with Gasteiger partial charge in [-0.1, -0.05) is 18.2 Å². The van der Waals surface area contributed by atoms with E-state index in [4.69, 9.17) is 0 Å². The first kappa shape index (κ1) is 8.82. The third-order valence-corrected chi connectivity index (χ3v) is 2.23. The van der Waals surface area contributed by atoms with Gasteiger partial charge in [-0.25, -0.2) is 0 Å². The predicted molar refractivity (Wildman–Crippen MR) is 61.2 cm³/mol. The predicted octanol–water partition coefficient (Wildman–Crippen LogP) is 2.91. The van der Waals surface area contributed by atoms with E-state index in [1.807, 2.05) is 30.7 Å². The summed E-state index contributed by atoms with van der Waals surface area (Å²) in [6.07, 6.45) is 8.25. The number of hydrogen-bond acceptors (Lipinski definition) is 1. The fourth-order valence-electron chi connectivity index (χ4n) is 1.43. The summed E-state index contributed by atoms with van der Waals surface area (Å²) in [6.45, 7) is 0. The maximum Gasteiger partial charge on any atom is 0.168 e. The molecule has 0 atom stereocenters. The van der Waals surface area contributed by atoms with Crippen molar-refractivity contribution in [3.8, 4) is 0 Å². The lowest BCUT2D eigenvalue weighted by atomic mass is 9.99. The zero-order valence-corrected chi connectivity index (χ0v) is 8.14. The molecule has 0 radical (unpaired) electrons. The molecule has 1 aliphatic carbocycles. The van der Waals surface area contributed by atoms with Gasteiger partial charge < -0.3 is 0 Å². The monoisotopic (exact) mass is 182 g/mol. The van der Waals surface area contributed by atoms with Gasteiger partial charge in [-0.05, 0) is 12.1 Å². The lowest BCUT2D eigenvalue weighted by molar-refractivity contribution is 1.43. The van der Waals surface area contributed by atoms with Crippen molar-refractivity contribution in [2.24, 2.45) is 4.99 Å². The molecule has 0 amide bonds. The van der Waals surface area contributed by atoms with Crippen LogP contribution < -0.4 is 0 Å². The second kappa shape index (κ2) is 3.97. The van der Waals surface area contributed by atoms with E-state index < -0.39 is 0 Å². The first-order valence-electron chi connectivity index (χ1n) is 4.65. The Morgan fingerprint density at radius 3 is 2.43 bits per heavy atom. The molecule has 0 heterocycles. The van der Waals surface area contributed by atoms with Crippen LogP contribution in [0.2, 0.25) is 0 Å². The van der Waals surface area contributed by atoms with Gasteiger partial charge in [0, 0.05) is 12.6 Å². The minimum absolute atomic E-state index is 1.02. The lowest BCUT2D eigenvalue weighted by Gasteiger charge is -1.99. The van der Waals surface area contributed by atoms with E-state index in [0.29, 0.717) is 0 Å². The van der Waals surface area contributed by atoms with Gasteiger partial charge >= 0.3 is 0 Å². The fourth-order valence-corrected chi connectivity index (χ4v) is 1.43. The van der Waals surface area contributed by atoms with Crippen molar-refractivity contribution in [3.63, 3.8) is 0 Å². The standard InChI is InChI=1S/C13H12N/c1-14-13-9-7-12(8-10-13)11-5-3-2-4-6-11/h2-10H,1H3/q+1. The molecule has 1 nitrogen and oxygen atoms in total. The molecule has 0 aromatic heterocycles. The topological polar surface area (TPSA) is 12.4 Å². The highest BCUT2D eigenvalue weighted by atomic mass is 14.7. The Balaban J connectivity index is 2.24. The molecule has 1 heteroatoms. The van der Waals surface area contributed by atoms with Crippen molar-refractivity contribution in [2.75, 3.05) is 7.05 Å². The average molecular weight is 182 g/mol. The number of aliphatic imine (C=N–C) groups is 1. The number of nitrogens with zero attached hydrogens (tertiary/aromatic N) is 1. The van der Waals surface area contributed by atoms with Gasteiger partial charge in [-0.3, -0.25) is 4.99 Å². The highest BCUT2D eigenvalue weighted by molar-refractivity contribution is 6.08. The summed E-state index contributed by atoms with van der Waals surface area (Å²) in [7, 11) is 1.80. The quantitative estimate of drug-likeness (QED) is 0.592. The van der Waals surface area contributed by atoms with E-state index in [0.717, 1.165) is 5.71 Å². The molecule has 0 saturated heterocycles. The molecule has 0 aliphatic heterocycles. The molecule has 14 heavy (non-hydrogen) atoms. The molecule has 68 valence electrons. The Morgan fingerprint density at radius 1 is 1.07 bits per heavy atom. The van der Waals surface area contributed by atoms with Crippen LogP contribution in [0.4, 0.5) is 0 Å². The summed E-state index contributed by atoms with van der Waals surface area (Å²) in [5, 5.41) is 0. The van der Waals surface area contributed by atoms with Crippen LogP contribution in [0.15, 0.2) is 53.6 Å². The molecule has 1 aromatic carbocycles. The Hall–Kier alpha value is -1.76. The van der Waals surface area contributed by atoms with Gasteiger partial charge in [0.25, 0.3) is 0 Å². The van der Waals surface area contributed by atoms with Gasteiger partial charge in [0.2, 0.25) is 0 Å². The van der Waals surface area contributed by atoms with Crippen LogP contribution in [-0.2, 0) is 0 Å². The van der Waals surface area contributed by atoms with Gasteiger partial charge in [0.1, 0.15) is 0 Å². The Labute approximate surface area is 84.5 Å². The van der Waals surface area contributed by atoms with Crippen molar-refractivity contribution in [3.05, 3.63) is 60.5 Å². The van der Waals surface area contributed by atoms with E-state index in [1.54, 1.807) is 7.05 Å². The molecule has 1 aliphatic rings. The number of allylic oxidation sites excluding steroid dienone is 4. The van der Waals surface area contributed by atoms with Gasteiger partial charge in [-0.15, -0.1) is 0 Å². The summed E-state index contributed by atoms with van der Waals surface area (Å²) in [6, 6.07) is 10.3. The van der Waals surface area contributed by atoms with Crippen LogP contribution in [-0.4, -0.2) is 12.8 Å². The maximum absolute atomic E-state index is 4.11. The van der Waals surface area contributed by atoms with Crippen molar-refractivity contribution >= 4 is 11.3 Å². The molecular formula is C13H12N+. The number of rotatable bonds is 1. The van der Waals surface area contributed by atoms with E-state index in [-0.39, 0.29) is 0 Å². The van der Waals surface area contributed by atoms with Crippen molar-refractivity contribution in [1.29, 1.82) is 0 Å². The highest BCUT2D eigenvalue weighted by Crippen LogP contribution is 2.19. The van der Waals surface area contributed by atoms with Gasteiger partial charge in [-0.2, -0.15) is 0 Å². The molecule has 0 unspecified atom stereocenters. The van der Waals surface area contributed by atoms with Crippen LogP contribution in [0.25, 0.3) is 5.57 Å². The molecule has 0 saturated carbocycles. The molecular weight excluding hydrogens is 170 g/mol. The molecule has 0 fully saturated rings. The Bertz CT molecular complexity index is 397. The second-order valence-electron chi connectivity index (χ2n) is 3.14.